The van der Waals surface area contributed by atoms with Crippen LogP contribution in [0.1, 0.15) is 13.3 Å². The summed E-state index contributed by atoms with van der Waals surface area (Å²) in [6, 6.07) is 7.31. The van der Waals surface area contributed by atoms with Crippen LogP contribution in [0.2, 0.25) is 5.02 Å². The Morgan fingerprint density at radius 1 is 1.33 bits per heavy atom. The number of benzene rings is 1. The van der Waals surface area contributed by atoms with Crippen molar-refractivity contribution in [3.8, 4) is 0 Å². The third-order valence-electron chi connectivity index (χ3n) is 2.08. The molecular weight excluding hydrogens is 250 g/mol. The van der Waals surface area contributed by atoms with Crippen LogP contribution < -0.4 is 16.4 Å². The van der Waals surface area contributed by atoms with E-state index in [-0.39, 0.29) is 0 Å². The van der Waals surface area contributed by atoms with E-state index in [2.05, 4.69) is 20.6 Å². The largest absolute Gasteiger partial charge is 0.370 e. The first-order valence-corrected chi connectivity index (χ1v) is 6.09. The molecule has 0 aliphatic carbocycles. The smallest absolute Gasteiger partial charge is 0.202 e. The van der Waals surface area contributed by atoms with Crippen LogP contribution in [0.15, 0.2) is 34.3 Å². The topological polar surface area (TPSA) is 74.8 Å². The average molecular weight is 268 g/mol. The molecule has 0 aliphatic heterocycles. The van der Waals surface area contributed by atoms with Crippen LogP contribution in [-0.4, -0.2) is 25.5 Å². The molecule has 0 bridgehead atoms. The van der Waals surface area contributed by atoms with Crippen LogP contribution in [0.4, 0.5) is 5.69 Å². The van der Waals surface area contributed by atoms with Gasteiger partial charge < -0.3 is 11.1 Å². The summed E-state index contributed by atoms with van der Waals surface area (Å²) < 4.78 is 0. The van der Waals surface area contributed by atoms with E-state index in [1.807, 2.05) is 19.1 Å². The predicted octanol–water partition coefficient (Wildman–Crippen LogP) is 2.05. The van der Waals surface area contributed by atoms with Gasteiger partial charge >= 0.3 is 0 Å². The number of anilines is 1. The third-order valence-corrected chi connectivity index (χ3v) is 2.33. The van der Waals surface area contributed by atoms with Crippen molar-refractivity contribution in [1.29, 1.82) is 0 Å². The maximum Gasteiger partial charge on any atom is 0.202 e. The van der Waals surface area contributed by atoms with Gasteiger partial charge in [0.1, 0.15) is 0 Å². The molecule has 0 amide bonds. The summed E-state index contributed by atoms with van der Waals surface area (Å²) in [7, 11) is 1.67. The highest BCUT2D eigenvalue weighted by molar-refractivity contribution is 6.30. The standard InChI is InChI=1S/C12H18ClN5/c1-3-8-16-11(14)18-12(15-2)17-10-6-4-9(13)5-7-10/h4-7H,3,8H2,1-2H3,(H4,14,15,16,17,18). The monoisotopic (exact) mass is 267 g/mol. The number of nitrogens with two attached hydrogens (primary N) is 1. The van der Waals surface area contributed by atoms with Gasteiger partial charge in [0.05, 0.1) is 0 Å². The maximum atomic E-state index is 5.81. The van der Waals surface area contributed by atoms with Gasteiger partial charge in [-0.1, -0.05) is 18.5 Å². The van der Waals surface area contributed by atoms with E-state index in [0.717, 1.165) is 12.1 Å². The van der Waals surface area contributed by atoms with Crippen molar-refractivity contribution in [2.24, 2.45) is 15.7 Å². The predicted molar refractivity (Wildman–Crippen MR) is 78.3 cm³/mol. The Labute approximate surface area is 112 Å². The van der Waals surface area contributed by atoms with E-state index < -0.39 is 0 Å². The summed E-state index contributed by atoms with van der Waals surface area (Å²) in [5.41, 5.74) is 6.58. The van der Waals surface area contributed by atoms with Gasteiger partial charge in [0.25, 0.3) is 0 Å². The highest BCUT2D eigenvalue weighted by Gasteiger charge is 2.00. The molecule has 0 atom stereocenters. The summed E-state index contributed by atoms with van der Waals surface area (Å²) in [6.07, 6.45) is 0.950. The second kappa shape index (κ2) is 7.55. The molecule has 1 aromatic carbocycles. The van der Waals surface area contributed by atoms with Crippen molar-refractivity contribution in [3.63, 3.8) is 0 Å². The van der Waals surface area contributed by atoms with Crippen molar-refractivity contribution in [3.05, 3.63) is 29.3 Å². The Balaban J connectivity index is 2.60. The molecule has 98 valence electrons. The summed E-state index contributed by atoms with van der Waals surface area (Å²) in [5.74, 6) is 0.883. The van der Waals surface area contributed by atoms with E-state index in [1.54, 1.807) is 19.2 Å². The fraction of sp³-hybridized carbons (Fsp3) is 0.333. The zero-order chi connectivity index (χ0) is 13.4. The summed E-state index contributed by atoms with van der Waals surface area (Å²) in [6.45, 7) is 2.73. The molecule has 0 aromatic heterocycles. The fourth-order valence-electron chi connectivity index (χ4n) is 1.21. The van der Waals surface area contributed by atoms with E-state index in [9.17, 15) is 0 Å². The van der Waals surface area contributed by atoms with Gasteiger partial charge in [-0.15, -0.1) is 0 Å². The van der Waals surface area contributed by atoms with Gasteiger partial charge in [0, 0.05) is 24.3 Å². The molecule has 4 N–H and O–H groups in total. The molecule has 18 heavy (non-hydrogen) atoms. The summed E-state index contributed by atoms with van der Waals surface area (Å²) >= 11 is 5.81. The number of rotatable bonds is 3. The zero-order valence-corrected chi connectivity index (χ0v) is 11.3. The molecule has 0 radical (unpaired) electrons. The van der Waals surface area contributed by atoms with Crippen molar-refractivity contribution >= 4 is 29.2 Å². The van der Waals surface area contributed by atoms with E-state index >= 15 is 0 Å². The lowest BCUT2D eigenvalue weighted by Gasteiger charge is -2.11. The lowest BCUT2D eigenvalue weighted by molar-refractivity contribution is 0.922. The SMILES string of the molecule is CCCN=C(N)NC(=NC)Nc1ccc(Cl)cc1. The van der Waals surface area contributed by atoms with Gasteiger partial charge in [0.2, 0.25) is 5.96 Å². The number of hydrogen-bond donors (Lipinski definition) is 3. The Morgan fingerprint density at radius 2 is 2.00 bits per heavy atom. The van der Waals surface area contributed by atoms with Crippen molar-refractivity contribution in [1.82, 2.24) is 5.32 Å². The van der Waals surface area contributed by atoms with E-state index in [4.69, 9.17) is 17.3 Å². The van der Waals surface area contributed by atoms with Crippen LogP contribution in [0.25, 0.3) is 0 Å². The normalized spacial score (nSPS) is 12.4. The molecule has 5 nitrogen and oxygen atoms in total. The van der Waals surface area contributed by atoms with Gasteiger partial charge in [-0.25, -0.2) is 0 Å². The van der Waals surface area contributed by atoms with Crippen molar-refractivity contribution < 1.29 is 0 Å². The van der Waals surface area contributed by atoms with E-state index in [1.165, 1.54) is 0 Å². The second-order valence-corrected chi connectivity index (χ2v) is 4.03. The Morgan fingerprint density at radius 3 is 2.56 bits per heavy atom. The van der Waals surface area contributed by atoms with Crippen LogP contribution in [0.5, 0.6) is 0 Å². The van der Waals surface area contributed by atoms with Gasteiger partial charge in [0.15, 0.2) is 5.96 Å². The Bertz CT molecular complexity index is 425. The van der Waals surface area contributed by atoms with Crippen molar-refractivity contribution in [2.45, 2.75) is 13.3 Å². The molecular formula is C12H18ClN5. The molecule has 0 unspecified atom stereocenters. The second-order valence-electron chi connectivity index (χ2n) is 3.60. The van der Waals surface area contributed by atoms with Gasteiger partial charge in [-0.3, -0.25) is 15.3 Å². The number of hydrogen-bond acceptors (Lipinski definition) is 2. The minimum absolute atomic E-state index is 0.346. The Kier molecular flexibility index (Phi) is 6.00. The van der Waals surface area contributed by atoms with Crippen molar-refractivity contribution in [2.75, 3.05) is 18.9 Å². The van der Waals surface area contributed by atoms with E-state index in [0.29, 0.717) is 23.5 Å². The highest BCUT2D eigenvalue weighted by atomic mass is 35.5. The lowest BCUT2D eigenvalue weighted by Crippen LogP contribution is -2.40. The lowest BCUT2D eigenvalue weighted by atomic mass is 10.3. The molecule has 6 heteroatoms. The number of guanidine groups is 2. The van der Waals surface area contributed by atoms with Crippen LogP contribution in [-0.2, 0) is 0 Å². The molecule has 0 saturated carbocycles. The Hall–Kier alpha value is -1.75. The molecule has 0 aliphatic rings. The first-order chi connectivity index (χ1) is 8.65. The molecule has 1 aromatic rings. The number of aliphatic imine (C=N–C) groups is 2. The molecule has 0 heterocycles. The molecule has 0 spiro atoms. The molecule has 1 rings (SSSR count). The van der Waals surface area contributed by atoms with Crippen LogP contribution >= 0.6 is 11.6 Å². The quantitative estimate of drug-likeness (QED) is 0.580. The summed E-state index contributed by atoms with van der Waals surface area (Å²) in [4.78, 5) is 8.18. The minimum Gasteiger partial charge on any atom is -0.370 e. The third kappa shape index (κ3) is 5.05. The van der Waals surface area contributed by atoms with Gasteiger partial charge in [-0.05, 0) is 30.7 Å². The minimum atomic E-state index is 0.346. The molecule has 0 saturated heterocycles. The first kappa shape index (κ1) is 14.3. The maximum absolute atomic E-state index is 5.81. The highest BCUT2D eigenvalue weighted by Crippen LogP contribution is 2.12. The number of nitrogens with zero attached hydrogens (tertiary/aromatic N) is 2. The van der Waals surface area contributed by atoms with Crippen LogP contribution in [0.3, 0.4) is 0 Å². The van der Waals surface area contributed by atoms with Crippen LogP contribution in [0, 0.1) is 0 Å². The summed E-state index contributed by atoms with van der Waals surface area (Å²) in [5, 5.41) is 6.67. The molecule has 0 fully saturated rings. The van der Waals surface area contributed by atoms with Gasteiger partial charge in [-0.2, -0.15) is 0 Å². The zero-order valence-electron chi connectivity index (χ0n) is 10.6. The number of halogens is 1. The fourth-order valence-corrected chi connectivity index (χ4v) is 1.33. The average Bonchev–Trinajstić information content (AvgIpc) is 2.38. The first-order valence-electron chi connectivity index (χ1n) is 5.72. The number of nitrogens with one attached hydrogen (secondary N) is 2.